The van der Waals surface area contributed by atoms with Crippen LogP contribution < -0.4 is 9.04 Å². The van der Waals surface area contributed by atoms with Crippen LogP contribution in [0, 0.1) is 0 Å². The lowest BCUT2D eigenvalue weighted by Gasteiger charge is -2.14. The summed E-state index contributed by atoms with van der Waals surface area (Å²) in [6.45, 7) is 1.20. The van der Waals surface area contributed by atoms with Crippen LogP contribution in [0.5, 0.6) is 5.75 Å². The van der Waals surface area contributed by atoms with Gasteiger partial charge in [-0.15, -0.1) is 0 Å². The van der Waals surface area contributed by atoms with Crippen molar-refractivity contribution in [2.24, 2.45) is 0 Å². The standard InChI is InChI=1S/C11H16NOS/c1-13-11-6-4-10(5-7-11)12-8-3-9-14(12)2/h4-7H,3,8-9H2,1-2H3/q+1. The molecule has 2 rings (SSSR count). The maximum Gasteiger partial charge on any atom is 0.134 e. The molecule has 3 heteroatoms. The average molecular weight is 210 g/mol. The van der Waals surface area contributed by atoms with Crippen molar-refractivity contribution in [1.29, 1.82) is 0 Å². The van der Waals surface area contributed by atoms with E-state index >= 15 is 0 Å². The van der Waals surface area contributed by atoms with Crippen molar-refractivity contribution < 1.29 is 4.74 Å². The van der Waals surface area contributed by atoms with E-state index in [4.69, 9.17) is 4.74 Å². The Hall–Kier alpha value is -0.830. The van der Waals surface area contributed by atoms with Crippen molar-refractivity contribution in [3.8, 4) is 5.75 Å². The molecule has 0 saturated carbocycles. The normalized spacial score (nSPS) is 21.3. The van der Waals surface area contributed by atoms with Gasteiger partial charge in [-0.2, -0.15) is 4.31 Å². The zero-order valence-corrected chi connectivity index (χ0v) is 9.51. The lowest BCUT2D eigenvalue weighted by molar-refractivity contribution is 0.415. The van der Waals surface area contributed by atoms with E-state index in [2.05, 4.69) is 22.7 Å². The topological polar surface area (TPSA) is 12.5 Å². The number of rotatable bonds is 2. The summed E-state index contributed by atoms with van der Waals surface area (Å²) in [5, 5.41) is 0. The molecule has 1 fully saturated rings. The van der Waals surface area contributed by atoms with E-state index in [0.29, 0.717) is 11.1 Å². The van der Waals surface area contributed by atoms with Crippen LogP contribution in [-0.2, 0) is 11.1 Å². The summed E-state index contributed by atoms with van der Waals surface area (Å²) in [5.74, 6) is 2.27. The van der Waals surface area contributed by atoms with E-state index in [1.807, 2.05) is 12.1 Å². The molecular formula is C11H16NOS+. The number of hydrogen-bond donors (Lipinski definition) is 0. The van der Waals surface area contributed by atoms with Gasteiger partial charge in [0, 0.05) is 6.42 Å². The molecule has 1 aromatic carbocycles. The lowest BCUT2D eigenvalue weighted by Crippen LogP contribution is -2.24. The Morgan fingerprint density at radius 2 is 2.00 bits per heavy atom. The minimum Gasteiger partial charge on any atom is -0.497 e. The molecule has 1 heterocycles. The van der Waals surface area contributed by atoms with Gasteiger partial charge in [0.15, 0.2) is 0 Å². The molecule has 0 amide bonds. The van der Waals surface area contributed by atoms with Crippen LogP contribution in [-0.4, -0.2) is 25.7 Å². The zero-order valence-electron chi connectivity index (χ0n) is 8.69. The lowest BCUT2D eigenvalue weighted by atomic mass is 10.3. The fourth-order valence-electron chi connectivity index (χ4n) is 1.74. The summed E-state index contributed by atoms with van der Waals surface area (Å²) in [6.07, 6.45) is 3.64. The van der Waals surface area contributed by atoms with Gasteiger partial charge in [-0.1, -0.05) is 0 Å². The smallest absolute Gasteiger partial charge is 0.134 e. The number of nitrogens with zero attached hydrogens (tertiary/aromatic N) is 1. The first-order valence-electron chi connectivity index (χ1n) is 4.85. The Labute approximate surface area is 88.4 Å². The number of anilines is 1. The van der Waals surface area contributed by atoms with Crippen LogP contribution in [0.25, 0.3) is 0 Å². The fraction of sp³-hybridized carbons (Fsp3) is 0.455. The third-order valence-electron chi connectivity index (χ3n) is 2.54. The largest absolute Gasteiger partial charge is 0.497 e. The Kier molecular flexibility index (Phi) is 2.87. The van der Waals surface area contributed by atoms with Crippen LogP contribution in [0.4, 0.5) is 5.69 Å². The molecule has 2 nitrogen and oxygen atoms in total. The van der Waals surface area contributed by atoms with Crippen molar-refractivity contribution in [2.75, 3.05) is 30.0 Å². The highest BCUT2D eigenvalue weighted by Gasteiger charge is 2.29. The summed E-state index contributed by atoms with van der Waals surface area (Å²) in [7, 11) is 1.70. The first kappa shape index (κ1) is 9.71. The maximum atomic E-state index is 5.14. The summed E-state index contributed by atoms with van der Waals surface area (Å²) in [5.41, 5.74) is 1.33. The average Bonchev–Trinajstić information content (AvgIpc) is 2.65. The second-order valence-corrected chi connectivity index (χ2v) is 5.51. The first-order valence-corrected chi connectivity index (χ1v) is 6.61. The zero-order chi connectivity index (χ0) is 9.97. The Morgan fingerprint density at radius 1 is 1.29 bits per heavy atom. The van der Waals surface area contributed by atoms with Gasteiger partial charge in [0.05, 0.1) is 30.4 Å². The van der Waals surface area contributed by atoms with Crippen LogP contribution in [0.3, 0.4) is 0 Å². The van der Waals surface area contributed by atoms with Gasteiger partial charge in [-0.3, -0.25) is 0 Å². The molecule has 0 radical (unpaired) electrons. The third-order valence-corrected chi connectivity index (χ3v) is 4.56. The second kappa shape index (κ2) is 4.13. The Balaban J connectivity index is 2.16. The molecule has 76 valence electrons. The molecule has 0 spiro atoms. The highest BCUT2D eigenvalue weighted by atomic mass is 32.2. The van der Waals surface area contributed by atoms with Crippen LogP contribution >= 0.6 is 0 Å². The summed E-state index contributed by atoms with van der Waals surface area (Å²) < 4.78 is 7.63. The van der Waals surface area contributed by atoms with Gasteiger partial charge >= 0.3 is 0 Å². The quantitative estimate of drug-likeness (QED) is 0.693. The minimum absolute atomic E-state index is 0.422. The molecule has 1 aliphatic rings. The van der Waals surface area contributed by atoms with Gasteiger partial charge in [0.1, 0.15) is 17.8 Å². The van der Waals surface area contributed by atoms with Crippen molar-refractivity contribution in [1.82, 2.24) is 0 Å². The Morgan fingerprint density at radius 3 is 2.50 bits per heavy atom. The molecule has 0 bridgehead atoms. The molecule has 14 heavy (non-hydrogen) atoms. The molecular weight excluding hydrogens is 194 g/mol. The maximum absolute atomic E-state index is 5.14. The minimum atomic E-state index is 0.422. The summed E-state index contributed by atoms with van der Waals surface area (Å²) in [4.78, 5) is 0. The highest BCUT2D eigenvalue weighted by molar-refractivity contribution is 7.97. The third kappa shape index (κ3) is 1.82. The molecule has 0 aromatic heterocycles. The van der Waals surface area contributed by atoms with Gasteiger partial charge < -0.3 is 4.74 Å². The van der Waals surface area contributed by atoms with Crippen molar-refractivity contribution in [2.45, 2.75) is 6.42 Å². The van der Waals surface area contributed by atoms with Crippen molar-refractivity contribution in [3.05, 3.63) is 24.3 Å². The highest BCUT2D eigenvalue weighted by Crippen LogP contribution is 2.25. The van der Waals surface area contributed by atoms with Crippen molar-refractivity contribution in [3.63, 3.8) is 0 Å². The summed E-state index contributed by atoms with van der Waals surface area (Å²) >= 11 is 0.422. The van der Waals surface area contributed by atoms with Gasteiger partial charge in [0.2, 0.25) is 0 Å². The predicted octanol–water partition coefficient (Wildman–Crippen LogP) is 2.07. The molecule has 1 atom stereocenters. The molecule has 1 saturated heterocycles. The van der Waals surface area contributed by atoms with Crippen LogP contribution in [0.2, 0.25) is 0 Å². The number of hydrogen-bond acceptors (Lipinski definition) is 2. The monoisotopic (exact) mass is 210 g/mol. The van der Waals surface area contributed by atoms with Gasteiger partial charge in [0.25, 0.3) is 0 Å². The molecule has 1 aromatic rings. The summed E-state index contributed by atoms with van der Waals surface area (Å²) in [6, 6.07) is 8.36. The molecule has 1 unspecified atom stereocenters. The predicted molar refractivity (Wildman–Crippen MR) is 63.1 cm³/mol. The van der Waals surface area contributed by atoms with Crippen LogP contribution in [0.15, 0.2) is 24.3 Å². The van der Waals surface area contributed by atoms with Crippen LogP contribution in [0.1, 0.15) is 6.42 Å². The molecule has 0 aliphatic carbocycles. The van der Waals surface area contributed by atoms with E-state index in [9.17, 15) is 0 Å². The number of benzene rings is 1. The van der Waals surface area contributed by atoms with Gasteiger partial charge in [-0.05, 0) is 24.3 Å². The Bertz CT molecular complexity index is 299. The van der Waals surface area contributed by atoms with Gasteiger partial charge in [-0.25, -0.2) is 0 Å². The molecule has 1 aliphatic heterocycles. The van der Waals surface area contributed by atoms with E-state index in [0.717, 1.165) is 5.75 Å². The van der Waals surface area contributed by atoms with Crippen molar-refractivity contribution >= 4 is 16.8 Å². The van der Waals surface area contributed by atoms with E-state index in [1.54, 1.807) is 7.11 Å². The molecule has 0 N–H and O–H groups in total. The first-order chi connectivity index (χ1) is 6.81. The van der Waals surface area contributed by atoms with E-state index in [1.165, 1.54) is 24.4 Å². The fourth-order valence-corrected chi connectivity index (χ4v) is 3.43. The van der Waals surface area contributed by atoms with E-state index in [-0.39, 0.29) is 0 Å². The SMILES string of the molecule is COc1ccc(N2CCC[S+]2C)cc1. The number of ether oxygens (including phenoxy) is 1. The van der Waals surface area contributed by atoms with E-state index < -0.39 is 0 Å². The number of methoxy groups -OCH3 is 1. The second-order valence-electron chi connectivity index (χ2n) is 3.46.